The molecule has 2 bridgehead atoms. The summed E-state index contributed by atoms with van der Waals surface area (Å²) >= 11 is 7.10. The number of hydrogen-bond acceptors (Lipinski definition) is 3. The van der Waals surface area contributed by atoms with Gasteiger partial charge in [0, 0.05) is 16.0 Å². The van der Waals surface area contributed by atoms with E-state index in [0.29, 0.717) is 12.4 Å². The molecule has 0 radical (unpaired) electrons. The highest BCUT2D eigenvalue weighted by Crippen LogP contribution is 2.53. The highest BCUT2D eigenvalue weighted by molar-refractivity contribution is 9.12. The Morgan fingerprint density at radius 1 is 1.50 bits per heavy atom. The molecule has 0 aromatic heterocycles. The molecule has 3 nitrogen and oxygen atoms in total. The van der Waals surface area contributed by atoms with Crippen molar-refractivity contribution in [2.75, 3.05) is 6.61 Å². The number of alkyl halides is 1. The molecule has 0 spiro atoms. The van der Waals surface area contributed by atoms with Gasteiger partial charge in [-0.05, 0) is 25.0 Å². The Bertz CT molecular complexity index is 668. The molecule has 0 saturated carbocycles. The summed E-state index contributed by atoms with van der Waals surface area (Å²) in [6.07, 6.45) is 2.42. The minimum atomic E-state index is -0.844. The smallest absolute Gasteiger partial charge is 0.328 e. The topological polar surface area (TPSA) is 35.5 Å². The van der Waals surface area contributed by atoms with Crippen molar-refractivity contribution in [1.29, 1.82) is 0 Å². The molecule has 4 rings (SSSR count). The van der Waals surface area contributed by atoms with E-state index in [0.717, 1.165) is 22.0 Å². The Morgan fingerprint density at radius 2 is 2.23 bits per heavy atom. The third kappa shape index (κ3) is 2.44. The first kappa shape index (κ1) is 15.8. The third-order valence-electron chi connectivity index (χ3n) is 4.13. The van der Waals surface area contributed by atoms with Crippen molar-refractivity contribution < 1.29 is 14.3 Å². The number of carbonyl (C=O) groups is 1. The van der Waals surface area contributed by atoms with Gasteiger partial charge < -0.3 is 9.47 Å². The van der Waals surface area contributed by atoms with Gasteiger partial charge >= 0.3 is 5.97 Å². The van der Waals surface area contributed by atoms with Gasteiger partial charge in [-0.3, -0.25) is 4.79 Å². The number of ether oxygens (including phenoxy) is 2. The highest BCUT2D eigenvalue weighted by Gasteiger charge is 2.54. The molecule has 0 amide bonds. The van der Waals surface area contributed by atoms with Crippen molar-refractivity contribution in [3.8, 4) is 0 Å². The predicted octanol–water partition coefficient (Wildman–Crippen LogP) is 4.52. The molecule has 1 aromatic rings. The molecule has 22 heavy (non-hydrogen) atoms. The van der Waals surface area contributed by atoms with E-state index in [2.05, 4.69) is 38.4 Å². The SMILES string of the molecule is C=C(OCC)c1ccccc1[C@H]1C[C@@H]2OC(=O)[C@@]1(Br)C=C2Br. The Labute approximate surface area is 146 Å². The number of rotatable bonds is 4. The lowest BCUT2D eigenvalue weighted by Gasteiger charge is -2.44. The molecule has 2 aliphatic heterocycles. The van der Waals surface area contributed by atoms with Gasteiger partial charge in [-0.15, -0.1) is 0 Å². The molecular formula is C17H16Br2O3. The van der Waals surface area contributed by atoms with Crippen LogP contribution in [0.5, 0.6) is 0 Å². The maximum atomic E-state index is 12.3. The normalized spacial score (nSPS) is 29.8. The molecule has 1 aliphatic carbocycles. The van der Waals surface area contributed by atoms with Crippen molar-refractivity contribution in [2.45, 2.75) is 29.7 Å². The van der Waals surface area contributed by atoms with E-state index in [1.165, 1.54) is 0 Å². The zero-order chi connectivity index (χ0) is 15.9. The van der Waals surface area contributed by atoms with E-state index in [9.17, 15) is 4.79 Å². The molecule has 116 valence electrons. The van der Waals surface area contributed by atoms with Gasteiger partial charge in [0.1, 0.15) is 16.2 Å². The summed E-state index contributed by atoms with van der Waals surface area (Å²) in [5, 5.41) is 0. The zero-order valence-corrected chi connectivity index (χ0v) is 15.3. The fourth-order valence-electron chi connectivity index (χ4n) is 3.08. The second-order valence-corrected chi connectivity index (χ2v) is 7.65. The minimum absolute atomic E-state index is 0.0199. The molecule has 1 fully saturated rings. The maximum absolute atomic E-state index is 12.3. The van der Waals surface area contributed by atoms with E-state index in [1.54, 1.807) is 0 Å². The molecule has 3 aliphatic rings. The molecule has 0 unspecified atom stereocenters. The lowest BCUT2D eigenvalue weighted by atomic mass is 9.74. The van der Waals surface area contributed by atoms with Crippen LogP contribution in [0.3, 0.4) is 0 Å². The zero-order valence-electron chi connectivity index (χ0n) is 12.1. The summed E-state index contributed by atoms with van der Waals surface area (Å²) in [4.78, 5) is 12.3. The standard InChI is InChI=1S/C17H16Br2O3/c1-3-21-10(2)11-6-4-5-7-12(11)13-8-15-14(18)9-17(13,19)16(20)22-15/h4-7,9,13,15H,2-3,8H2,1H3/t13-,15+,17-/m1/s1. The summed E-state index contributed by atoms with van der Waals surface area (Å²) < 4.78 is 11.1. The van der Waals surface area contributed by atoms with Crippen molar-refractivity contribution in [3.63, 3.8) is 0 Å². The van der Waals surface area contributed by atoms with Crippen LogP contribution < -0.4 is 0 Å². The van der Waals surface area contributed by atoms with E-state index in [-0.39, 0.29) is 18.0 Å². The van der Waals surface area contributed by atoms with Gasteiger partial charge in [-0.1, -0.05) is 62.7 Å². The average molecular weight is 428 g/mol. The van der Waals surface area contributed by atoms with Crippen LogP contribution in [0.2, 0.25) is 0 Å². The third-order valence-corrected chi connectivity index (χ3v) is 5.97. The molecule has 0 N–H and O–H groups in total. The van der Waals surface area contributed by atoms with E-state index >= 15 is 0 Å². The fraction of sp³-hybridized carbons (Fsp3) is 0.353. The fourth-order valence-corrected chi connectivity index (χ4v) is 4.80. The lowest BCUT2D eigenvalue weighted by Crippen LogP contribution is -2.51. The van der Waals surface area contributed by atoms with Crippen molar-refractivity contribution in [3.05, 3.63) is 52.5 Å². The van der Waals surface area contributed by atoms with Crippen LogP contribution in [-0.4, -0.2) is 23.0 Å². The first-order valence-corrected chi connectivity index (χ1v) is 8.75. The van der Waals surface area contributed by atoms with Crippen molar-refractivity contribution >= 4 is 43.6 Å². The average Bonchev–Trinajstić information content (AvgIpc) is 2.49. The molecule has 3 atom stereocenters. The number of fused-ring (bicyclic) bond motifs is 2. The van der Waals surface area contributed by atoms with Crippen molar-refractivity contribution in [2.24, 2.45) is 0 Å². The maximum Gasteiger partial charge on any atom is 0.328 e. The minimum Gasteiger partial charge on any atom is -0.494 e. The van der Waals surface area contributed by atoms with Crippen LogP contribution in [0.15, 0.2) is 41.4 Å². The molecule has 2 heterocycles. The van der Waals surface area contributed by atoms with Crippen molar-refractivity contribution in [1.82, 2.24) is 0 Å². The van der Waals surface area contributed by atoms with Crippen LogP contribution in [0, 0.1) is 0 Å². The first-order valence-electron chi connectivity index (χ1n) is 7.16. The van der Waals surface area contributed by atoms with Gasteiger partial charge in [0.15, 0.2) is 0 Å². The predicted molar refractivity (Wildman–Crippen MR) is 93.0 cm³/mol. The number of hydrogen-bond donors (Lipinski definition) is 0. The van der Waals surface area contributed by atoms with Gasteiger partial charge in [0.05, 0.1) is 6.61 Å². The van der Waals surface area contributed by atoms with Gasteiger partial charge in [0.2, 0.25) is 0 Å². The first-order chi connectivity index (χ1) is 10.5. The number of carbonyl (C=O) groups excluding carboxylic acids is 1. The van der Waals surface area contributed by atoms with Crippen LogP contribution in [0.1, 0.15) is 30.4 Å². The molecular weight excluding hydrogens is 412 g/mol. The monoisotopic (exact) mass is 426 g/mol. The Balaban J connectivity index is 2.06. The number of halogens is 2. The molecule has 5 heteroatoms. The quantitative estimate of drug-likeness (QED) is 0.402. The van der Waals surface area contributed by atoms with E-state index < -0.39 is 4.32 Å². The van der Waals surface area contributed by atoms with Gasteiger partial charge in [-0.25, -0.2) is 0 Å². The Kier molecular flexibility index (Phi) is 4.21. The van der Waals surface area contributed by atoms with Crippen LogP contribution >= 0.6 is 31.9 Å². The Hall–Kier alpha value is -1.07. The van der Waals surface area contributed by atoms with E-state index in [1.807, 2.05) is 37.3 Å². The lowest BCUT2D eigenvalue weighted by molar-refractivity contribution is -0.155. The second-order valence-electron chi connectivity index (χ2n) is 5.42. The van der Waals surface area contributed by atoms with E-state index in [4.69, 9.17) is 9.47 Å². The summed E-state index contributed by atoms with van der Waals surface area (Å²) in [6.45, 7) is 6.50. The highest BCUT2D eigenvalue weighted by atomic mass is 79.9. The Morgan fingerprint density at radius 3 is 2.95 bits per heavy atom. The largest absolute Gasteiger partial charge is 0.494 e. The molecule has 1 saturated heterocycles. The van der Waals surface area contributed by atoms with Crippen LogP contribution in [-0.2, 0) is 14.3 Å². The number of esters is 1. The number of benzene rings is 1. The summed E-state index contributed by atoms with van der Waals surface area (Å²) in [6, 6.07) is 7.94. The van der Waals surface area contributed by atoms with Crippen LogP contribution in [0.25, 0.3) is 5.76 Å². The van der Waals surface area contributed by atoms with Gasteiger partial charge in [-0.2, -0.15) is 0 Å². The van der Waals surface area contributed by atoms with Gasteiger partial charge in [0.25, 0.3) is 0 Å². The second kappa shape index (κ2) is 5.85. The molecule has 1 aromatic carbocycles. The summed E-state index contributed by atoms with van der Waals surface area (Å²) in [5.41, 5.74) is 1.99. The van der Waals surface area contributed by atoms with Crippen LogP contribution in [0.4, 0.5) is 0 Å². The summed E-state index contributed by atoms with van der Waals surface area (Å²) in [7, 11) is 0. The summed E-state index contributed by atoms with van der Waals surface area (Å²) in [5.74, 6) is 0.370.